The van der Waals surface area contributed by atoms with E-state index in [1.54, 1.807) is 6.92 Å². The normalized spacial score (nSPS) is 11.8. The van der Waals surface area contributed by atoms with Crippen LogP contribution >= 0.6 is 0 Å². The van der Waals surface area contributed by atoms with Crippen LogP contribution in [0, 0.1) is 6.92 Å². The van der Waals surface area contributed by atoms with Crippen LogP contribution in [0.15, 0.2) is 12.7 Å². The minimum atomic E-state index is -1.19. The first kappa shape index (κ1) is 19.6. The number of rotatable bonds is 10. The lowest BCUT2D eigenvalue weighted by molar-refractivity contribution is -0.140. The summed E-state index contributed by atoms with van der Waals surface area (Å²) in [7, 11) is 0. The number of Topliss-reactive ketones (excluding diaryl/α,β-unsaturated/α-hetero) is 1. The van der Waals surface area contributed by atoms with Gasteiger partial charge in [0, 0.05) is 11.3 Å². The molecule has 0 saturated heterocycles. The van der Waals surface area contributed by atoms with E-state index in [1.165, 1.54) is 13.0 Å². The lowest BCUT2D eigenvalue weighted by Gasteiger charge is -2.14. The van der Waals surface area contributed by atoms with E-state index in [9.17, 15) is 19.5 Å². The summed E-state index contributed by atoms with van der Waals surface area (Å²) in [5.41, 5.74) is 1.95. The molecule has 0 saturated carbocycles. The first-order valence-corrected chi connectivity index (χ1v) is 7.78. The second-order valence-corrected chi connectivity index (χ2v) is 5.48. The molecule has 1 unspecified atom stereocenters. The molecule has 24 heavy (non-hydrogen) atoms. The third kappa shape index (κ3) is 4.79. The van der Waals surface area contributed by atoms with Gasteiger partial charge in [0.15, 0.2) is 11.8 Å². The zero-order chi connectivity index (χ0) is 18.3. The van der Waals surface area contributed by atoms with Crippen molar-refractivity contribution in [3.8, 4) is 0 Å². The van der Waals surface area contributed by atoms with Crippen molar-refractivity contribution in [3.63, 3.8) is 0 Å². The van der Waals surface area contributed by atoms with Crippen LogP contribution in [0.2, 0.25) is 0 Å². The van der Waals surface area contributed by atoms with Gasteiger partial charge in [-0.2, -0.15) is 0 Å². The molecular weight excluding hydrogens is 312 g/mol. The summed E-state index contributed by atoms with van der Waals surface area (Å²) in [6.45, 7) is 8.60. The summed E-state index contributed by atoms with van der Waals surface area (Å²) in [5, 5.41) is 11.6. The molecule has 3 N–H and O–H groups in total. The fraction of sp³-hybridized carbons (Fsp3) is 0.471. The highest BCUT2D eigenvalue weighted by molar-refractivity contribution is 6.03. The van der Waals surface area contributed by atoms with Crippen LogP contribution in [0.4, 0.5) is 0 Å². The van der Waals surface area contributed by atoms with Crippen molar-refractivity contribution in [2.45, 2.75) is 39.7 Å². The molecule has 7 nitrogen and oxygen atoms in total. The van der Waals surface area contributed by atoms with Gasteiger partial charge in [-0.05, 0) is 25.8 Å². The minimum absolute atomic E-state index is 0.129. The number of aromatic amines is 1. The number of carbonyl (C=O) groups is 3. The number of hydrogen-bond acceptors (Lipinski definition) is 4. The van der Waals surface area contributed by atoms with Gasteiger partial charge in [0.2, 0.25) is 0 Å². The highest BCUT2D eigenvalue weighted by Crippen LogP contribution is 2.21. The second-order valence-electron chi connectivity index (χ2n) is 5.48. The fourth-order valence-corrected chi connectivity index (χ4v) is 2.52. The third-order valence-electron chi connectivity index (χ3n) is 3.49. The van der Waals surface area contributed by atoms with E-state index in [2.05, 4.69) is 16.9 Å². The molecule has 1 atom stereocenters. The van der Waals surface area contributed by atoms with Gasteiger partial charge in [-0.15, -0.1) is 6.58 Å². The monoisotopic (exact) mass is 336 g/mol. The van der Waals surface area contributed by atoms with Crippen molar-refractivity contribution in [3.05, 3.63) is 35.2 Å². The Bertz CT molecular complexity index is 633. The minimum Gasteiger partial charge on any atom is -0.480 e. The zero-order valence-electron chi connectivity index (χ0n) is 14.3. The fourth-order valence-electron chi connectivity index (χ4n) is 2.52. The van der Waals surface area contributed by atoms with Crippen molar-refractivity contribution >= 4 is 17.7 Å². The molecule has 132 valence electrons. The van der Waals surface area contributed by atoms with Gasteiger partial charge in [-0.25, -0.2) is 4.79 Å². The van der Waals surface area contributed by atoms with E-state index in [1.807, 2.05) is 6.92 Å². The van der Waals surface area contributed by atoms with Gasteiger partial charge in [-0.3, -0.25) is 9.59 Å². The van der Waals surface area contributed by atoms with Crippen molar-refractivity contribution in [1.82, 2.24) is 10.3 Å². The Morgan fingerprint density at radius 2 is 2.08 bits per heavy atom. The Morgan fingerprint density at radius 1 is 1.42 bits per heavy atom. The molecule has 1 amide bonds. The Labute approximate surface area is 141 Å². The molecule has 0 aliphatic carbocycles. The van der Waals surface area contributed by atoms with E-state index < -0.39 is 17.9 Å². The van der Waals surface area contributed by atoms with Gasteiger partial charge >= 0.3 is 5.97 Å². The molecule has 1 aromatic rings. The molecule has 0 bridgehead atoms. The van der Waals surface area contributed by atoms with Crippen LogP contribution in [0.25, 0.3) is 0 Å². The van der Waals surface area contributed by atoms with E-state index in [-0.39, 0.29) is 24.7 Å². The third-order valence-corrected chi connectivity index (χ3v) is 3.49. The Morgan fingerprint density at radius 3 is 2.58 bits per heavy atom. The highest BCUT2D eigenvalue weighted by Gasteiger charge is 2.26. The number of aromatic nitrogens is 1. The summed E-state index contributed by atoms with van der Waals surface area (Å²) in [6, 6.07) is -1.18. The van der Waals surface area contributed by atoms with Crippen molar-refractivity contribution in [2.24, 2.45) is 0 Å². The van der Waals surface area contributed by atoms with Gasteiger partial charge in [0.1, 0.15) is 5.69 Å². The molecule has 7 heteroatoms. The first-order valence-electron chi connectivity index (χ1n) is 7.78. The number of carboxylic acids is 1. The number of carboxylic acid groups (broad SMARTS) is 1. The number of aryl methyl sites for hydroxylation is 1. The lowest BCUT2D eigenvalue weighted by Crippen LogP contribution is -2.44. The second kappa shape index (κ2) is 9.02. The molecule has 1 aromatic heterocycles. The van der Waals surface area contributed by atoms with Gasteiger partial charge in [-0.1, -0.05) is 19.4 Å². The maximum Gasteiger partial charge on any atom is 0.328 e. The van der Waals surface area contributed by atoms with E-state index in [0.717, 1.165) is 6.42 Å². The van der Waals surface area contributed by atoms with E-state index >= 15 is 0 Å². The number of carbonyl (C=O) groups excluding carboxylic acids is 2. The van der Waals surface area contributed by atoms with Crippen LogP contribution in [0.3, 0.4) is 0 Å². The van der Waals surface area contributed by atoms with Crippen molar-refractivity contribution in [2.75, 3.05) is 13.2 Å². The topological polar surface area (TPSA) is 108 Å². The summed E-state index contributed by atoms with van der Waals surface area (Å²) in [6.07, 6.45) is 2.79. The molecule has 1 heterocycles. The quantitative estimate of drug-likeness (QED) is 0.343. The van der Waals surface area contributed by atoms with Gasteiger partial charge in [0.05, 0.1) is 13.2 Å². The van der Waals surface area contributed by atoms with Crippen molar-refractivity contribution < 1.29 is 24.2 Å². The maximum atomic E-state index is 12.5. The molecule has 0 aromatic carbocycles. The summed E-state index contributed by atoms with van der Waals surface area (Å²) >= 11 is 0. The number of aliphatic carboxylic acids is 1. The number of amides is 1. The van der Waals surface area contributed by atoms with Crippen LogP contribution in [0.5, 0.6) is 0 Å². The maximum absolute atomic E-state index is 12.5. The molecule has 0 radical (unpaired) electrons. The Kier molecular flexibility index (Phi) is 7.38. The average Bonchev–Trinajstić information content (AvgIpc) is 2.83. The molecule has 0 spiro atoms. The number of ketones is 1. The Balaban J connectivity index is 3.04. The smallest absolute Gasteiger partial charge is 0.328 e. The molecule has 0 fully saturated rings. The van der Waals surface area contributed by atoms with Crippen LogP contribution in [-0.2, 0) is 16.0 Å². The number of hydrogen-bond donors (Lipinski definition) is 3. The zero-order valence-corrected chi connectivity index (χ0v) is 14.3. The summed E-state index contributed by atoms with van der Waals surface area (Å²) in [5.74, 6) is -1.89. The molecule has 0 aliphatic rings. The SMILES string of the molecule is C=CCOCC(NC(=O)c1[nH]c(C)c(C(C)=O)c1CCC)C(=O)O. The first-order chi connectivity index (χ1) is 11.3. The number of H-pyrrole nitrogens is 1. The largest absolute Gasteiger partial charge is 0.480 e. The average molecular weight is 336 g/mol. The summed E-state index contributed by atoms with van der Waals surface area (Å²) < 4.78 is 5.11. The standard InChI is InChI=1S/C17H24N2O5/c1-5-7-12-14(11(4)20)10(3)18-15(12)16(21)19-13(17(22)23)9-24-8-6-2/h6,13,18H,2,5,7-9H2,1,3-4H3,(H,19,21)(H,22,23). The number of nitrogens with one attached hydrogen (secondary N) is 2. The van der Waals surface area contributed by atoms with Crippen molar-refractivity contribution in [1.29, 1.82) is 0 Å². The van der Waals surface area contributed by atoms with Gasteiger partial charge in [0.25, 0.3) is 5.91 Å². The highest BCUT2D eigenvalue weighted by atomic mass is 16.5. The van der Waals surface area contributed by atoms with Crippen LogP contribution in [0.1, 0.15) is 52.4 Å². The molecule has 1 rings (SSSR count). The predicted molar refractivity (Wildman–Crippen MR) is 89.4 cm³/mol. The molecule has 0 aliphatic heterocycles. The van der Waals surface area contributed by atoms with E-state index in [4.69, 9.17) is 4.74 Å². The number of ether oxygens (including phenoxy) is 1. The lowest BCUT2D eigenvalue weighted by atomic mass is 10.0. The van der Waals surface area contributed by atoms with Crippen LogP contribution in [-0.4, -0.2) is 47.0 Å². The van der Waals surface area contributed by atoms with E-state index in [0.29, 0.717) is 23.2 Å². The van der Waals surface area contributed by atoms with Crippen LogP contribution < -0.4 is 5.32 Å². The van der Waals surface area contributed by atoms with Gasteiger partial charge < -0.3 is 20.1 Å². The summed E-state index contributed by atoms with van der Waals surface area (Å²) in [4.78, 5) is 38.5. The Hall–Kier alpha value is -2.41. The molecular formula is C17H24N2O5. The predicted octanol–water partition coefficient (Wildman–Crippen LogP) is 1.86.